The molecule has 2 heterocycles. The Hall–Kier alpha value is -2.96. The molecule has 25 heavy (non-hydrogen) atoms. The summed E-state index contributed by atoms with van der Waals surface area (Å²) < 4.78 is 3.32. The van der Waals surface area contributed by atoms with Crippen LogP contribution in [0.5, 0.6) is 0 Å². The van der Waals surface area contributed by atoms with E-state index in [0.29, 0.717) is 17.3 Å². The van der Waals surface area contributed by atoms with E-state index in [1.54, 1.807) is 36.8 Å². The molecule has 0 saturated carbocycles. The quantitative estimate of drug-likeness (QED) is 0.696. The van der Waals surface area contributed by atoms with E-state index in [4.69, 9.17) is 0 Å². The first-order valence-corrected chi connectivity index (χ1v) is 8.33. The van der Waals surface area contributed by atoms with Gasteiger partial charge in [0.1, 0.15) is 0 Å². The number of rotatable bonds is 6. The molecule has 1 aromatic carbocycles. The van der Waals surface area contributed by atoms with Gasteiger partial charge >= 0.3 is 0 Å². The molecule has 0 atom stereocenters. The van der Waals surface area contributed by atoms with Crippen LogP contribution < -0.4 is 10.9 Å². The van der Waals surface area contributed by atoms with E-state index in [-0.39, 0.29) is 23.2 Å². The highest BCUT2D eigenvalue weighted by Gasteiger charge is 2.17. The summed E-state index contributed by atoms with van der Waals surface area (Å²) in [6.45, 7) is 5.04. The number of benzene rings is 1. The van der Waals surface area contributed by atoms with Crippen molar-refractivity contribution < 1.29 is 4.79 Å². The predicted molar refractivity (Wildman–Crippen MR) is 95.6 cm³/mol. The number of imidazole rings is 1. The van der Waals surface area contributed by atoms with E-state index < -0.39 is 0 Å². The molecule has 3 aromatic rings. The lowest BCUT2D eigenvalue weighted by Crippen LogP contribution is -2.32. The van der Waals surface area contributed by atoms with Crippen LogP contribution in [0.15, 0.2) is 47.8 Å². The zero-order valence-electron chi connectivity index (χ0n) is 14.3. The maximum Gasteiger partial charge on any atom is 0.274 e. The number of carbonyl (C=O) groups is 1. The van der Waals surface area contributed by atoms with Gasteiger partial charge in [0.25, 0.3) is 11.5 Å². The van der Waals surface area contributed by atoms with Crippen molar-refractivity contribution >= 4 is 16.7 Å². The van der Waals surface area contributed by atoms with E-state index in [1.807, 2.05) is 24.6 Å². The normalized spacial score (nSPS) is 11.2. The van der Waals surface area contributed by atoms with Crippen LogP contribution in [0.2, 0.25) is 0 Å². The van der Waals surface area contributed by atoms with E-state index in [2.05, 4.69) is 15.4 Å². The molecule has 2 aromatic heterocycles. The molecule has 0 aliphatic rings. The largest absolute Gasteiger partial charge is 0.351 e. The van der Waals surface area contributed by atoms with Crippen molar-refractivity contribution in [2.45, 2.75) is 32.9 Å². The van der Waals surface area contributed by atoms with Crippen LogP contribution in [0.4, 0.5) is 0 Å². The zero-order chi connectivity index (χ0) is 17.8. The Morgan fingerprint density at radius 2 is 2.00 bits per heavy atom. The molecular formula is C18H21N5O2. The number of fused-ring (bicyclic) bond motifs is 1. The maximum absolute atomic E-state index is 12.6. The van der Waals surface area contributed by atoms with Crippen LogP contribution in [0, 0.1) is 0 Å². The Morgan fingerprint density at radius 1 is 1.24 bits per heavy atom. The Morgan fingerprint density at radius 3 is 2.68 bits per heavy atom. The molecule has 130 valence electrons. The zero-order valence-corrected chi connectivity index (χ0v) is 14.3. The Kier molecular flexibility index (Phi) is 4.92. The number of aryl methyl sites for hydroxylation is 1. The van der Waals surface area contributed by atoms with Gasteiger partial charge in [0, 0.05) is 30.9 Å². The highest BCUT2D eigenvalue weighted by Crippen LogP contribution is 2.14. The number of amides is 1. The lowest BCUT2D eigenvalue weighted by molar-refractivity contribution is 0.0947. The summed E-state index contributed by atoms with van der Waals surface area (Å²) in [6, 6.07) is 6.97. The minimum atomic E-state index is -0.267. The van der Waals surface area contributed by atoms with Crippen LogP contribution in [0.25, 0.3) is 10.8 Å². The van der Waals surface area contributed by atoms with Crippen molar-refractivity contribution in [3.63, 3.8) is 0 Å². The Bertz CT molecular complexity index is 928. The molecule has 3 rings (SSSR count). The molecule has 0 radical (unpaired) electrons. The minimum absolute atomic E-state index is 0.120. The monoisotopic (exact) mass is 339 g/mol. The van der Waals surface area contributed by atoms with Crippen molar-refractivity contribution in [2.24, 2.45) is 0 Å². The van der Waals surface area contributed by atoms with Crippen LogP contribution in [0.1, 0.15) is 36.8 Å². The third-order valence-corrected chi connectivity index (χ3v) is 3.97. The van der Waals surface area contributed by atoms with Gasteiger partial charge in [-0.1, -0.05) is 18.2 Å². The second-order valence-corrected chi connectivity index (χ2v) is 6.15. The molecule has 0 bridgehead atoms. The Balaban J connectivity index is 1.80. The van der Waals surface area contributed by atoms with Gasteiger partial charge in [0.05, 0.1) is 17.8 Å². The number of hydrogen-bond acceptors (Lipinski definition) is 4. The first-order chi connectivity index (χ1) is 12.1. The fraction of sp³-hybridized carbons (Fsp3) is 0.333. The molecule has 0 aliphatic carbocycles. The van der Waals surface area contributed by atoms with Crippen molar-refractivity contribution in [1.29, 1.82) is 0 Å². The molecule has 1 amide bonds. The summed E-state index contributed by atoms with van der Waals surface area (Å²) in [5.74, 6) is -0.267. The van der Waals surface area contributed by atoms with Gasteiger partial charge in [-0.25, -0.2) is 9.67 Å². The molecule has 0 unspecified atom stereocenters. The van der Waals surface area contributed by atoms with Crippen LogP contribution >= 0.6 is 0 Å². The van der Waals surface area contributed by atoms with Crippen molar-refractivity contribution in [3.05, 3.63) is 59.0 Å². The first kappa shape index (κ1) is 16.9. The van der Waals surface area contributed by atoms with Gasteiger partial charge in [-0.05, 0) is 26.3 Å². The summed E-state index contributed by atoms with van der Waals surface area (Å²) in [7, 11) is 0. The van der Waals surface area contributed by atoms with E-state index >= 15 is 0 Å². The van der Waals surface area contributed by atoms with Crippen LogP contribution in [-0.2, 0) is 6.54 Å². The number of nitrogens with one attached hydrogen (secondary N) is 1. The molecule has 7 nitrogen and oxygen atoms in total. The van der Waals surface area contributed by atoms with Gasteiger partial charge < -0.3 is 9.88 Å². The second-order valence-electron chi connectivity index (χ2n) is 6.15. The van der Waals surface area contributed by atoms with E-state index in [1.165, 1.54) is 4.68 Å². The number of nitrogens with zero attached hydrogens (tertiary/aromatic N) is 4. The maximum atomic E-state index is 12.6. The summed E-state index contributed by atoms with van der Waals surface area (Å²) in [5.41, 5.74) is 0.105. The lowest BCUT2D eigenvalue weighted by Gasteiger charge is -2.13. The minimum Gasteiger partial charge on any atom is -0.351 e. The molecule has 0 aliphatic heterocycles. The fourth-order valence-electron chi connectivity index (χ4n) is 2.69. The molecule has 1 N–H and O–H groups in total. The summed E-state index contributed by atoms with van der Waals surface area (Å²) in [5, 5.41) is 8.28. The third kappa shape index (κ3) is 3.60. The van der Waals surface area contributed by atoms with Crippen molar-refractivity contribution in [2.75, 3.05) is 6.54 Å². The molecule has 7 heteroatoms. The fourth-order valence-corrected chi connectivity index (χ4v) is 2.69. The smallest absolute Gasteiger partial charge is 0.274 e. The average Bonchev–Trinajstić information content (AvgIpc) is 3.12. The molecule has 0 saturated heterocycles. The van der Waals surface area contributed by atoms with Crippen LogP contribution in [0.3, 0.4) is 0 Å². The SMILES string of the molecule is CC(C)n1nc(C(=O)NCCCn2ccnc2)c2ccccc2c1=O. The highest BCUT2D eigenvalue weighted by molar-refractivity contribution is 6.04. The van der Waals surface area contributed by atoms with Gasteiger partial charge in [-0.2, -0.15) is 5.10 Å². The number of carbonyl (C=O) groups excluding carboxylic acids is 1. The van der Waals surface area contributed by atoms with Gasteiger partial charge in [-0.3, -0.25) is 9.59 Å². The van der Waals surface area contributed by atoms with Crippen molar-refractivity contribution in [1.82, 2.24) is 24.6 Å². The second kappa shape index (κ2) is 7.29. The summed E-state index contributed by atoms with van der Waals surface area (Å²) in [4.78, 5) is 29.1. The van der Waals surface area contributed by atoms with Gasteiger partial charge in [0.15, 0.2) is 5.69 Å². The third-order valence-electron chi connectivity index (χ3n) is 3.97. The summed E-state index contributed by atoms with van der Waals surface area (Å²) >= 11 is 0. The van der Waals surface area contributed by atoms with Gasteiger partial charge in [-0.15, -0.1) is 0 Å². The number of hydrogen-bond donors (Lipinski definition) is 1. The Labute approximate surface area is 145 Å². The predicted octanol–water partition coefficient (Wildman–Crippen LogP) is 1.99. The molecule has 0 fully saturated rings. The number of aromatic nitrogens is 4. The highest BCUT2D eigenvalue weighted by atomic mass is 16.2. The van der Waals surface area contributed by atoms with Crippen molar-refractivity contribution in [3.8, 4) is 0 Å². The molecule has 0 spiro atoms. The summed E-state index contributed by atoms with van der Waals surface area (Å²) in [6.07, 6.45) is 6.14. The average molecular weight is 339 g/mol. The topological polar surface area (TPSA) is 81.8 Å². The van der Waals surface area contributed by atoms with Gasteiger partial charge in [0.2, 0.25) is 0 Å². The van der Waals surface area contributed by atoms with E-state index in [0.717, 1.165) is 13.0 Å². The van der Waals surface area contributed by atoms with Crippen LogP contribution in [-0.4, -0.2) is 31.8 Å². The molecular weight excluding hydrogens is 318 g/mol. The standard InChI is InChI=1S/C18H21N5O2/c1-13(2)23-18(25)15-7-4-3-6-14(15)16(21-23)17(24)20-8-5-10-22-11-9-19-12-22/h3-4,6-7,9,11-13H,5,8,10H2,1-2H3,(H,20,24). The lowest BCUT2D eigenvalue weighted by atomic mass is 10.1. The van der Waals surface area contributed by atoms with E-state index in [9.17, 15) is 9.59 Å². The first-order valence-electron chi connectivity index (χ1n) is 8.33.